The molecule has 0 amide bonds. The zero-order valence-electron chi connectivity index (χ0n) is 16.0. The van der Waals surface area contributed by atoms with Crippen LogP contribution in [0.3, 0.4) is 0 Å². The Labute approximate surface area is 170 Å². The second-order valence-corrected chi connectivity index (χ2v) is 8.90. The fraction of sp³-hybridized carbons (Fsp3) is 0.0870. The van der Waals surface area contributed by atoms with E-state index in [1.165, 1.54) is 11.8 Å². The molecule has 0 saturated heterocycles. The maximum Gasteiger partial charge on any atom is 0.175 e. The predicted molar refractivity (Wildman–Crippen MR) is 118 cm³/mol. The van der Waals surface area contributed by atoms with Gasteiger partial charge in [0.1, 0.15) is 0 Å². The zero-order chi connectivity index (χ0) is 20.3. The molecule has 6 heteroatoms. The van der Waals surface area contributed by atoms with Crippen LogP contribution in [0.25, 0.3) is 10.9 Å². The van der Waals surface area contributed by atoms with E-state index in [-0.39, 0.29) is 4.90 Å². The monoisotopic (exact) mass is 403 g/mol. The molecule has 0 aliphatic carbocycles. The summed E-state index contributed by atoms with van der Waals surface area (Å²) in [5.74, 6) is 0. The van der Waals surface area contributed by atoms with E-state index in [0.717, 1.165) is 28.7 Å². The van der Waals surface area contributed by atoms with Crippen LogP contribution in [0.1, 0.15) is 11.1 Å². The Morgan fingerprint density at radius 2 is 1.62 bits per heavy atom. The molecule has 5 nitrogen and oxygen atoms in total. The number of benzene rings is 3. The van der Waals surface area contributed by atoms with Crippen LogP contribution >= 0.6 is 0 Å². The number of nitrogens with zero attached hydrogens (tertiary/aromatic N) is 2. The molecule has 1 aromatic heterocycles. The van der Waals surface area contributed by atoms with Gasteiger partial charge in [0, 0.05) is 35.5 Å². The number of hydrazone groups is 1. The minimum Gasteiger partial charge on any atom is -0.342 e. The molecular formula is C23H21N3O2S. The number of rotatable bonds is 6. The number of aromatic nitrogens is 1. The molecule has 4 rings (SSSR count). The molecule has 0 atom stereocenters. The smallest absolute Gasteiger partial charge is 0.175 e. The Morgan fingerprint density at radius 1 is 0.931 bits per heavy atom. The third kappa shape index (κ3) is 4.38. The van der Waals surface area contributed by atoms with Crippen molar-refractivity contribution in [1.82, 2.24) is 4.57 Å². The average molecular weight is 404 g/mol. The number of hydrogen-bond acceptors (Lipinski definition) is 4. The molecule has 3 aromatic carbocycles. The van der Waals surface area contributed by atoms with Gasteiger partial charge in [-0.05, 0) is 35.9 Å². The van der Waals surface area contributed by atoms with E-state index in [9.17, 15) is 8.42 Å². The second kappa shape index (κ2) is 7.93. The molecule has 4 aromatic rings. The Morgan fingerprint density at radius 3 is 2.34 bits per heavy atom. The molecule has 0 unspecified atom stereocenters. The maximum absolute atomic E-state index is 11.5. The van der Waals surface area contributed by atoms with Crippen LogP contribution in [-0.2, 0) is 16.4 Å². The van der Waals surface area contributed by atoms with Crippen LogP contribution in [0.5, 0.6) is 0 Å². The van der Waals surface area contributed by atoms with Crippen LogP contribution < -0.4 is 5.43 Å². The van der Waals surface area contributed by atoms with Gasteiger partial charge in [-0.2, -0.15) is 5.10 Å². The lowest BCUT2D eigenvalue weighted by molar-refractivity contribution is 0.602. The van der Waals surface area contributed by atoms with E-state index in [2.05, 4.69) is 45.6 Å². The standard InChI is InChI=1S/C23H21N3O2S/c1-29(27,28)21-13-11-20(12-14-21)25-24-15-19-17-26(16-18-7-3-2-4-8-18)23-10-6-5-9-22(19)23/h2-15,17,25H,16H2,1H3/b24-15+. The zero-order valence-corrected chi connectivity index (χ0v) is 16.8. The fourth-order valence-electron chi connectivity index (χ4n) is 3.24. The van der Waals surface area contributed by atoms with Gasteiger partial charge in [0.15, 0.2) is 9.84 Å². The Bertz CT molecular complexity index is 1260. The number of para-hydroxylation sites is 1. The van der Waals surface area contributed by atoms with E-state index in [1.807, 2.05) is 30.3 Å². The molecule has 0 fully saturated rings. The topological polar surface area (TPSA) is 63.5 Å². The number of fused-ring (bicyclic) bond motifs is 1. The van der Waals surface area contributed by atoms with Crippen molar-refractivity contribution in [3.63, 3.8) is 0 Å². The van der Waals surface area contributed by atoms with Gasteiger partial charge in [-0.3, -0.25) is 5.43 Å². The van der Waals surface area contributed by atoms with Gasteiger partial charge in [0.2, 0.25) is 0 Å². The highest BCUT2D eigenvalue weighted by molar-refractivity contribution is 7.90. The number of sulfone groups is 1. The lowest BCUT2D eigenvalue weighted by Crippen LogP contribution is -1.97. The van der Waals surface area contributed by atoms with Crippen molar-refractivity contribution in [3.8, 4) is 0 Å². The van der Waals surface area contributed by atoms with Gasteiger partial charge in [-0.25, -0.2) is 8.42 Å². The normalized spacial score (nSPS) is 11.9. The third-order valence-electron chi connectivity index (χ3n) is 4.69. The molecule has 0 radical (unpaired) electrons. The summed E-state index contributed by atoms with van der Waals surface area (Å²) in [4.78, 5) is 0.288. The van der Waals surface area contributed by atoms with Crippen molar-refractivity contribution in [2.75, 3.05) is 11.7 Å². The quantitative estimate of drug-likeness (QED) is 0.380. The number of hydrogen-bond donors (Lipinski definition) is 1. The van der Waals surface area contributed by atoms with E-state index >= 15 is 0 Å². The summed E-state index contributed by atoms with van der Waals surface area (Å²) in [5.41, 5.74) is 7.08. The van der Waals surface area contributed by atoms with E-state index in [1.54, 1.807) is 30.5 Å². The van der Waals surface area contributed by atoms with Crippen molar-refractivity contribution in [1.29, 1.82) is 0 Å². The summed E-state index contributed by atoms with van der Waals surface area (Å²) in [5, 5.41) is 5.46. The largest absolute Gasteiger partial charge is 0.342 e. The van der Waals surface area contributed by atoms with E-state index in [4.69, 9.17) is 0 Å². The summed E-state index contributed by atoms with van der Waals surface area (Å²) in [7, 11) is -3.20. The molecular weight excluding hydrogens is 382 g/mol. The summed E-state index contributed by atoms with van der Waals surface area (Å²) in [6.45, 7) is 0.787. The molecule has 29 heavy (non-hydrogen) atoms. The first-order valence-electron chi connectivity index (χ1n) is 9.22. The lowest BCUT2D eigenvalue weighted by atomic mass is 10.2. The molecule has 0 saturated carbocycles. The van der Waals surface area contributed by atoms with Gasteiger partial charge in [0.05, 0.1) is 16.8 Å². The first kappa shape index (κ1) is 19.0. The van der Waals surface area contributed by atoms with Crippen molar-refractivity contribution >= 4 is 32.6 Å². The van der Waals surface area contributed by atoms with Crippen LogP contribution in [0.2, 0.25) is 0 Å². The summed E-state index contributed by atoms with van der Waals surface area (Å²) in [6.07, 6.45) is 5.07. The summed E-state index contributed by atoms with van der Waals surface area (Å²) < 4.78 is 25.3. The van der Waals surface area contributed by atoms with E-state index in [0.29, 0.717) is 0 Å². The molecule has 0 bridgehead atoms. The number of anilines is 1. The first-order valence-corrected chi connectivity index (χ1v) is 11.1. The van der Waals surface area contributed by atoms with Gasteiger partial charge < -0.3 is 4.57 Å². The SMILES string of the molecule is CS(=O)(=O)c1ccc(N/N=C/c2cn(Cc3ccccc3)c3ccccc23)cc1. The van der Waals surface area contributed by atoms with E-state index < -0.39 is 9.84 Å². The van der Waals surface area contributed by atoms with Crippen molar-refractivity contribution in [3.05, 3.63) is 96.2 Å². The minimum atomic E-state index is -3.20. The molecule has 0 aliphatic heterocycles. The first-order chi connectivity index (χ1) is 14.0. The highest BCUT2D eigenvalue weighted by atomic mass is 32.2. The minimum absolute atomic E-state index is 0.288. The molecule has 0 spiro atoms. The summed E-state index contributed by atoms with van der Waals surface area (Å²) in [6, 6.07) is 25.1. The Hall–Kier alpha value is -3.38. The molecule has 1 heterocycles. The van der Waals surface area contributed by atoms with Crippen molar-refractivity contribution < 1.29 is 8.42 Å². The highest BCUT2D eigenvalue weighted by Crippen LogP contribution is 2.21. The Balaban J connectivity index is 1.56. The predicted octanol–water partition coefficient (Wildman–Crippen LogP) is 4.54. The fourth-order valence-corrected chi connectivity index (χ4v) is 3.87. The maximum atomic E-state index is 11.5. The van der Waals surface area contributed by atoms with Crippen molar-refractivity contribution in [2.45, 2.75) is 11.4 Å². The van der Waals surface area contributed by atoms with Gasteiger partial charge in [-0.1, -0.05) is 48.5 Å². The van der Waals surface area contributed by atoms with Crippen LogP contribution in [0.15, 0.2) is 95.1 Å². The van der Waals surface area contributed by atoms with Gasteiger partial charge in [-0.15, -0.1) is 0 Å². The summed E-state index contributed by atoms with van der Waals surface area (Å²) >= 11 is 0. The molecule has 0 aliphatic rings. The third-order valence-corrected chi connectivity index (χ3v) is 5.82. The number of nitrogens with one attached hydrogen (secondary N) is 1. The second-order valence-electron chi connectivity index (χ2n) is 6.88. The van der Waals surface area contributed by atoms with Crippen molar-refractivity contribution in [2.24, 2.45) is 5.10 Å². The van der Waals surface area contributed by atoms with Crippen LogP contribution in [0, 0.1) is 0 Å². The van der Waals surface area contributed by atoms with Crippen LogP contribution in [0.4, 0.5) is 5.69 Å². The van der Waals surface area contributed by atoms with Gasteiger partial charge >= 0.3 is 0 Å². The lowest BCUT2D eigenvalue weighted by Gasteiger charge is -2.05. The van der Waals surface area contributed by atoms with Gasteiger partial charge in [0.25, 0.3) is 0 Å². The van der Waals surface area contributed by atoms with Crippen LogP contribution in [-0.4, -0.2) is 25.5 Å². The average Bonchev–Trinajstić information content (AvgIpc) is 3.06. The molecule has 146 valence electrons. The Kier molecular flexibility index (Phi) is 5.18. The molecule has 1 N–H and O–H groups in total. The highest BCUT2D eigenvalue weighted by Gasteiger charge is 2.08.